The summed E-state index contributed by atoms with van der Waals surface area (Å²) >= 11 is 0. The smallest absolute Gasteiger partial charge is 0.219 e. The first-order valence-corrected chi connectivity index (χ1v) is 4.43. The van der Waals surface area contributed by atoms with Crippen LogP contribution in [0.5, 0.6) is 0 Å². The van der Waals surface area contributed by atoms with Gasteiger partial charge in [0.05, 0.1) is 0 Å². The molecule has 0 aromatic carbocycles. The normalized spacial score (nSPS) is 32.2. The molecule has 6 heteroatoms. The Hall–Kier alpha value is -1.17. The molecular formula is C7H13N5O. The topological polar surface area (TPSA) is 69.1 Å². The number of nitrogens with zero attached hydrogens (tertiary/aromatic N) is 3. The summed E-state index contributed by atoms with van der Waals surface area (Å²) in [4.78, 5) is 12.9. The second-order valence-corrected chi connectivity index (χ2v) is 3.43. The molecule has 0 aliphatic carbocycles. The molecule has 1 saturated heterocycles. The Kier molecular flexibility index (Phi) is 2.13. The van der Waals surface area contributed by atoms with Gasteiger partial charge in [-0.15, -0.1) is 5.11 Å². The lowest BCUT2D eigenvalue weighted by molar-refractivity contribution is -0.127. The van der Waals surface area contributed by atoms with Crippen LogP contribution in [0.3, 0.4) is 0 Å². The largest absolute Gasteiger partial charge is 0.343 e. The van der Waals surface area contributed by atoms with Gasteiger partial charge in [0, 0.05) is 25.9 Å². The zero-order valence-electron chi connectivity index (χ0n) is 7.53. The van der Waals surface area contributed by atoms with E-state index in [1.165, 1.54) is 0 Å². The lowest BCUT2D eigenvalue weighted by Crippen LogP contribution is -2.38. The van der Waals surface area contributed by atoms with E-state index in [2.05, 4.69) is 21.3 Å². The van der Waals surface area contributed by atoms with E-state index < -0.39 is 0 Å². The third-order valence-electron chi connectivity index (χ3n) is 2.56. The predicted molar refractivity (Wildman–Crippen MR) is 45.3 cm³/mol. The Morgan fingerprint density at radius 3 is 3.00 bits per heavy atom. The molecular weight excluding hydrogens is 170 g/mol. The molecule has 0 saturated carbocycles. The Bertz CT molecular complexity index is 241. The number of hydrogen-bond donors (Lipinski definition) is 2. The fraction of sp³-hybridized carbons (Fsp3) is 0.857. The van der Waals surface area contributed by atoms with Crippen molar-refractivity contribution in [3.63, 3.8) is 0 Å². The van der Waals surface area contributed by atoms with Crippen LogP contribution in [0, 0.1) is 5.92 Å². The minimum atomic E-state index is 0.0318. The number of carbonyl (C=O) groups is 1. The van der Waals surface area contributed by atoms with Crippen LogP contribution in [0.1, 0.15) is 13.3 Å². The molecule has 6 nitrogen and oxygen atoms in total. The second kappa shape index (κ2) is 3.29. The molecule has 72 valence electrons. The van der Waals surface area contributed by atoms with Crippen LogP contribution in [-0.2, 0) is 4.79 Å². The van der Waals surface area contributed by atoms with Crippen LogP contribution >= 0.6 is 0 Å². The lowest BCUT2D eigenvalue weighted by atomic mass is 10.1. The average molecular weight is 183 g/mol. The van der Waals surface area contributed by atoms with Gasteiger partial charge in [0.1, 0.15) is 6.17 Å². The van der Waals surface area contributed by atoms with Crippen LogP contribution < -0.4 is 11.0 Å². The first kappa shape index (κ1) is 8.43. The van der Waals surface area contributed by atoms with E-state index in [4.69, 9.17) is 0 Å². The van der Waals surface area contributed by atoms with Gasteiger partial charge in [-0.05, 0) is 6.42 Å². The molecule has 0 aromatic heterocycles. The molecule has 0 spiro atoms. The summed E-state index contributed by atoms with van der Waals surface area (Å²) in [6, 6.07) is 0. The number of nitrogens with one attached hydrogen (secondary N) is 2. The number of likely N-dealkylation sites (tertiary alicyclic amines) is 1. The fourth-order valence-corrected chi connectivity index (χ4v) is 1.76. The number of hydrogen-bond acceptors (Lipinski definition) is 5. The van der Waals surface area contributed by atoms with Crippen molar-refractivity contribution >= 4 is 5.91 Å². The van der Waals surface area contributed by atoms with Crippen LogP contribution in [0.2, 0.25) is 0 Å². The molecule has 2 atom stereocenters. The van der Waals surface area contributed by atoms with Gasteiger partial charge < -0.3 is 4.90 Å². The van der Waals surface area contributed by atoms with E-state index in [0.717, 1.165) is 19.5 Å². The van der Waals surface area contributed by atoms with Crippen molar-refractivity contribution in [1.82, 2.24) is 15.9 Å². The van der Waals surface area contributed by atoms with Crippen molar-refractivity contribution < 1.29 is 4.79 Å². The zero-order valence-corrected chi connectivity index (χ0v) is 7.53. The van der Waals surface area contributed by atoms with Crippen LogP contribution in [0.4, 0.5) is 0 Å². The zero-order chi connectivity index (χ0) is 9.26. The molecule has 0 aromatic rings. The molecule has 1 amide bonds. The van der Waals surface area contributed by atoms with E-state index in [9.17, 15) is 4.79 Å². The first-order valence-electron chi connectivity index (χ1n) is 4.43. The summed E-state index contributed by atoms with van der Waals surface area (Å²) < 4.78 is 0. The highest BCUT2D eigenvalue weighted by Crippen LogP contribution is 2.21. The highest BCUT2D eigenvalue weighted by molar-refractivity contribution is 5.73. The number of hydrazine groups is 1. The van der Waals surface area contributed by atoms with Gasteiger partial charge in [-0.2, -0.15) is 5.43 Å². The van der Waals surface area contributed by atoms with Gasteiger partial charge in [0.2, 0.25) is 5.91 Å². The molecule has 2 unspecified atom stereocenters. The summed E-state index contributed by atoms with van der Waals surface area (Å²) in [7, 11) is 0. The predicted octanol–water partition coefficient (Wildman–Crippen LogP) is -0.344. The Morgan fingerprint density at radius 1 is 1.62 bits per heavy atom. The molecule has 2 rings (SSSR count). The fourth-order valence-electron chi connectivity index (χ4n) is 1.76. The van der Waals surface area contributed by atoms with E-state index in [1.807, 2.05) is 4.90 Å². The van der Waals surface area contributed by atoms with Gasteiger partial charge in [0.15, 0.2) is 0 Å². The maximum Gasteiger partial charge on any atom is 0.219 e. The molecule has 0 radical (unpaired) electrons. The summed E-state index contributed by atoms with van der Waals surface area (Å²) in [6.45, 7) is 3.23. The second-order valence-electron chi connectivity index (χ2n) is 3.43. The van der Waals surface area contributed by atoms with E-state index in [0.29, 0.717) is 5.92 Å². The van der Waals surface area contributed by atoms with Gasteiger partial charge in [0.25, 0.3) is 0 Å². The highest BCUT2D eigenvalue weighted by atomic mass is 16.2. The quantitative estimate of drug-likeness (QED) is 0.584. The monoisotopic (exact) mass is 183 g/mol. The molecule has 1 fully saturated rings. The van der Waals surface area contributed by atoms with Gasteiger partial charge in [-0.25, -0.2) is 5.53 Å². The van der Waals surface area contributed by atoms with Crippen molar-refractivity contribution in [2.75, 3.05) is 13.1 Å². The summed E-state index contributed by atoms with van der Waals surface area (Å²) in [5, 5.41) is 7.62. The third kappa shape index (κ3) is 1.62. The van der Waals surface area contributed by atoms with Crippen molar-refractivity contribution in [1.29, 1.82) is 0 Å². The van der Waals surface area contributed by atoms with Crippen molar-refractivity contribution in [3.05, 3.63) is 0 Å². The SMILES string of the molecule is CC(=O)N1CCC(C2N=NNN2)C1. The van der Waals surface area contributed by atoms with Gasteiger partial charge in [-0.1, -0.05) is 5.22 Å². The third-order valence-corrected chi connectivity index (χ3v) is 2.56. The van der Waals surface area contributed by atoms with Gasteiger partial charge >= 0.3 is 0 Å². The molecule has 13 heavy (non-hydrogen) atoms. The van der Waals surface area contributed by atoms with Crippen LogP contribution in [0.15, 0.2) is 10.3 Å². The Labute approximate surface area is 76.3 Å². The molecule has 2 aliphatic rings. The van der Waals surface area contributed by atoms with Crippen molar-refractivity contribution in [3.8, 4) is 0 Å². The highest BCUT2D eigenvalue weighted by Gasteiger charge is 2.31. The number of amides is 1. The standard InChI is InChI=1S/C7H13N5O/c1-5(13)12-3-2-6(4-12)7-8-10-11-9-7/h6-7H,2-4H2,1H3,(H,8,11)(H,9,10). The molecule has 2 heterocycles. The molecule has 2 N–H and O–H groups in total. The maximum absolute atomic E-state index is 11.0. The first-order chi connectivity index (χ1) is 6.27. The molecule has 0 bridgehead atoms. The van der Waals surface area contributed by atoms with Crippen molar-refractivity contribution in [2.24, 2.45) is 16.3 Å². The van der Waals surface area contributed by atoms with Gasteiger partial charge in [-0.3, -0.25) is 4.79 Å². The minimum Gasteiger partial charge on any atom is -0.343 e. The van der Waals surface area contributed by atoms with E-state index in [1.54, 1.807) is 6.92 Å². The van der Waals surface area contributed by atoms with E-state index >= 15 is 0 Å². The summed E-state index contributed by atoms with van der Waals surface area (Å²) in [6.07, 6.45) is 1.03. The number of carbonyl (C=O) groups excluding carboxylic acids is 1. The van der Waals surface area contributed by atoms with Crippen LogP contribution in [-0.4, -0.2) is 30.1 Å². The Balaban J connectivity index is 1.90. The maximum atomic E-state index is 11.0. The summed E-state index contributed by atoms with van der Waals surface area (Å²) in [5.74, 6) is 0.535. The van der Waals surface area contributed by atoms with Crippen molar-refractivity contribution in [2.45, 2.75) is 19.5 Å². The number of rotatable bonds is 1. The summed E-state index contributed by atoms with van der Waals surface area (Å²) in [5.41, 5.74) is 5.53. The Morgan fingerprint density at radius 2 is 2.46 bits per heavy atom. The average Bonchev–Trinajstić information content (AvgIpc) is 2.75. The minimum absolute atomic E-state index is 0.0318. The molecule has 2 aliphatic heterocycles. The lowest BCUT2D eigenvalue weighted by Gasteiger charge is -2.15. The van der Waals surface area contributed by atoms with Crippen LogP contribution in [0.25, 0.3) is 0 Å². The van der Waals surface area contributed by atoms with E-state index in [-0.39, 0.29) is 12.1 Å².